The number of benzene rings is 3. The molecule has 1 saturated heterocycles. The van der Waals surface area contributed by atoms with Gasteiger partial charge >= 0.3 is 0 Å². The number of carbonyl (C=O) groups excluding carboxylic acids is 2. The zero-order valence-electron chi connectivity index (χ0n) is 24.7. The van der Waals surface area contributed by atoms with Gasteiger partial charge in [0.15, 0.2) is 8.32 Å². The van der Waals surface area contributed by atoms with Crippen LogP contribution in [-0.2, 0) is 33.7 Å². The van der Waals surface area contributed by atoms with Crippen molar-refractivity contribution in [1.82, 2.24) is 4.90 Å². The molecule has 2 N–H and O–H groups in total. The average Bonchev–Trinajstić information content (AvgIpc) is 3.31. The quantitative estimate of drug-likeness (QED) is 0.251. The molecule has 2 amide bonds. The second kappa shape index (κ2) is 12.9. The first-order chi connectivity index (χ1) is 20.2. The number of rotatable bonds is 10. The van der Waals surface area contributed by atoms with E-state index < -0.39 is 8.32 Å². The molecule has 3 aromatic rings. The van der Waals surface area contributed by atoms with Crippen molar-refractivity contribution in [2.24, 2.45) is 5.92 Å². The predicted molar refractivity (Wildman–Crippen MR) is 167 cm³/mol. The van der Waals surface area contributed by atoms with Crippen LogP contribution in [0.5, 0.6) is 0 Å². The highest BCUT2D eigenvalue weighted by Gasteiger charge is 2.50. The van der Waals surface area contributed by atoms with Crippen LogP contribution >= 0.6 is 0 Å². The van der Waals surface area contributed by atoms with Gasteiger partial charge in [-0.25, -0.2) is 0 Å². The lowest BCUT2D eigenvalue weighted by Gasteiger charge is -2.37. The van der Waals surface area contributed by atoms with E-state index >= 15 is 0 Å². The minimum absolute atomic E-state index is 0.0293. The van der Waals surface area contributed by atoms with Gasteiger partial charge in [0, 0.05) is 23.5 Å². The summed E-state index contributed by atoms with van der Waals surface area (Å²) in [5.74, 6) is 0.0893. The van der Waals surface area contributed by atoms with Crippen molar-refractivity contribution in [3.8, 4) is 0 Å². The molecule has 0 spiro atoms. The number of para-hydroxylation sites is 1. The van der Waals surface area contributed by atoms with Gasteiger partial charge in [-0.05, 0) is 79.2 Å². The Morgan fingerprint density at radius 1 is 0.976 bits per heavy atom. The summed E-state index contributed by atoms with van der Waals surface area (Å²) >= 11 is 0. The first kappa shape index (κ1) is 30.2. The van der Waals surface area contributed by atoms with Gasteiger partial charge in [0.1, 0.15) is 0 Å². The van der Waals surface area contributed by atoms with Crippen molar-refractivity contribution in [1.29, 1.82) is 0 Å². The lowest BCUT2D eigenvalue weighted by Crippen LogP contribution is -2.48. The fraction of sp³-hybridized carbons (Fsp3) is 0.412. The maximum Gasteiger partial charge on any atom is 0.225 e. The molecular formula is C34H42N2O5Si. The fourth-order valence-corrected chi connectivity index (χ4v) is 9.54. The molecule has 3 aromatic carbocycles. The molecule has 0 radical (unpaired) electrons. The van der Waals surface area contributed by atoms with Gasteiger partial charge in [-0.15, -0.1) is 0 Å². The van der Waals surface area contributed by atoms with E-state index in [0.29, 0.717) is 13.0 Å². The number of amides is 2. The molecule has 7 nitrogen and oxygen atoms in total. The Labute approximate surface area is 249 Å². The molecular weight excluding hydrogens is 544 g/mol. The van der Waals surface area contributed by atoms with Crippen molar-refractivity contribution in [2.75, 3.05) is 11.5 Å². The molecule has 5 atom stereocenters. The number of nitrogens with zero attached hydrogens (tertiary/aromatic N) is 2. The van der Waals surface area contributed by atoms with Crippen LogP contribution in [0.3, 0.4) is 0 Å². The number of aliphatic hydroxyl groups is 1. The minimum Gasteiger partial charge on any atom is -0.432 e. The standard InChI is InChI=1S/C34H42N2O5Si/c1-24-31(18-15-25-13-16-29(17-14-25)36(23-38)28-11-5-4-6-12-28)41-32(34(24)42(2,3)40)20-33(39)35-21-27-10-8-7-9-26(27)19-30(35)22-37/h4-14,16-17,23-24,30-32,34,37,40H,15,18-22H2,1-3H3/t24-,30+,31+,32-,34+/m1/s1. The van der Waals surface area contributed by atoms with Crippen LogP contribution < -0.4 is 4.90 Å². The van der Waals surface area contributed by atoms with E-state index in [4.69, 9.17) is 4.74 Å². The van der Waals surface area contributed by atoms with Crippen LogP contribution in [0.4, 0.5) is 11.4 Å². The number of hydrogen-bond acceptors (Lipinski definition) is 5. The van der Waals surface area contributed by atoms with E-state index in [1.165, 1.54) is 5.56 Å². The first-order valence-electron chi connectivity index (χ1n) is 14.9. The molecule has 42 heavy (non-hydrogen) atoms. The predicted octanol–water partition coefficient (Wildman–Crippen LogP) is 5.22. The van der Waals surface area contributed by atoms with Crippen LogP contribution in [-0.4, -0.2) is 60.3 Å². The molecule has 2 aliphatic heterocycles. The van der Waals surface area contributed by atoms with Crippen molar-refractivity contribution in [3.05, 3.63) is 95.6 Å². The minimum atomic E-state index is -2.64. The molecule has 222 valence electrons. The number of carbonyl (C=O) groups is 2. The normalized spacial score (nSPS) is 23.8. The monoisotopic (exact) mass is 586 g/mol. The van der Waals surface area contributed by atoms with Crippen molar-refractivity contribution in [3.63, 3.8) is 0 Å². The van der Waals surface area contributed by atoms with Crippen molar-refractivity contribution in [2.45, 2.75) is 76.0 Å². The van der Waals surface area contributed by atoms with Crippen LogP contribution in [0, 0.1) is 5.92 Å². The Bertz CT molecular complexity index is 1360. The van der Waals surface area contributed by atoms with Gasteiger partial charge in [0.05, 0.1) is 31.3 Å². The Balaban J connectivity index is 1.24. The second-order valence-corrected chi connectivity index (χ2v) is 16.3. The summed E-state index contributed by atoms with van der Waals surface area (Å²) in [5, 5.41) is 10.1. The van der Waals surface area contributed by atoms with E-state index in [1.54, 1.807) is 9.80 Å². The summed E-state index contributed by atoms with van der Waals surface area (Å²) in [6.07, 6.45) is 2.81. The van der Waals surface area contributed by atoms with Crippen LogP contribution in [0.1, 0.15) is 36.5 Å². The number of fused-ring (bicyclic) bond motifs is 1. The Hall–Kier alpha value is -3.30. The second-order valence-electron chi connectivity index (χ2n) is 12.3. The zero-order chi connectivity index (χ0) is 29.9. The van der Waals surface area contributed by atoms with E-state index in [9.17, 15) is 19.5 Å². The van der Waals surface area contributed by atoms with Crippen molar-refractivity contribution < 1.29 is 24.2 Å². The highest BCUT2D eigenvalue weighted by molar-refractivity contribution is 6.71. The Morgan fingerprint density at radius 2 is 1.62 bits per heavy atom. The largest absolute Gasteiger partial charge is 0.432 e. The molecule has 2 heterocycles. The molecule has 0 saturated carbocycles. The summed E-state index contributed by atoms with van der Waals surface area (Å²) in [5.41, 5.74) is 5.00. The summed E-state index contributed by atoms with van der Waals surface area (Å²) < 4.78 is 6.58. The van der Waals surface area contributed by atoms with Gasteiger partial charge in [-0.1, -0.05) is 61.5 Å². The maximum absolute atomic E-state index is 13.7. The van der Waals surface area contributed by atoms with E-state index in [0.717, 1.165) is 41.8 Å². The molecule has 0 aromatic heterocycles. The summed E-state index contributed by atoms with van der Waals surface area (Å²) in [6.45, 7) is 6.43. The highest BCUT2D eigenvalue weighted by Crippen LogP contribution is 2.46. The number of aryl methyl sites for hydroxylation is 1. The van der Waals surface area contributed by atoms with Crippen LogP contribution in [0.2, 0.25) is 18.6 Å². The molecule has 2 aliphatic rings. The summed E-state index contributed by atoms with van der Waals surface area (Å²) in [4.78, 5) is 40.1. The zero-order valence-corrected chi connectivity index (χ0v) is 25.7. The van der Waals surface area contributed by atoms with Gasteiger partial charge in [0.2, 0.25) is 12.3 Å². The third kappa shape index (κ3) is 6.52. The Kier molecular flexibility index (Phi) is 9.28. The molecule has 5 rings (SSSR count). The molecule has 0 unspecified atom stereocenters. The number of anilines is 2. The molecule has 8 heteroatoms. The third-order valence-electron chi connectivity index (χ3n) is 9.05. The topological polar surface area (TPSA) is 90.3 Å². The highest BCUT2D eigenvalue weighted by atomic mass is 28.4. The number of aliphatic hydroxyl groups excluding tert-OH is 1. The van der Waals surface area contributed by atoms with Crippen molar-refractivity contribution >= 4 is 32.0 Å². The molecule has 1 fully saturated rings. The number of hydrogen-bond donors (Lipinski definition) is 2. The number of ether oxygens (including phenoxy) is 1. The van der Waals surface area contributed by atoms with E-state index in [2.05, 4.69) is 13.0 Å². The fourth-order valence-electron chi connectivity index (χ4n) is 6.93. The van der Waals surface area contributed by atoms with Gasteiger partial charge in [0.25, 0.3) is 0 Å². The summed E-state index contributed by atoms with van der Waals surface area (Å²) in [7, 11) is -2.64. The van der Waals surface area contributed by atoms with E-state index in [-0.39, 0.29) is 48.6 Å². The van der Waals surface area contributed by atoms with Gasteiger partial charge in [-0.3, -0.25) is 14.5 Å². The van der Waals surface area contributed by atoms with Crippen LogP contribution in [0.15, 0.2) is 78.9 Å². The average molecular weight is 587 g/mol. The lowest BCUT2D eigenvalue weighted by molar-refractivity contribution is -0.138. The molecule has 0 aliphatic carbocycles. The first-order valence-corrected chi connectivity index (χ1v) is 18.0. The maximum atomic E-state index is 13.7. The Morgan fingerprint density at radius 3 is 2.26 bits per heavy atom. The summed E-state index contributed by atoms with van der Waals surface area (Å²) in [6, 6.07) is 25.4. The lowest BCUT2D eigenvalue weighted by atomic mass is 9.93. The smallest absolute Gasteiger partial charge is 0.225 e. The third-order valence-corrected chi connectivity index (χ3v) is 11.6. The van der Waals surface area contributed by atoms with Gasteiger partial charge in [-0.2, -0.15) is 0 Å². The van der Waals surface area contributed by atoms with E-state index in [1.807, 2.05) is 85.9 Å². The van der Waals surface area contributed by atoms with Crippen LogP contribution in [0.25, 0.3) is 0 Å². The SMILES string of the molecule is C[C@H]1[C@H]([Si](C)(C)O)[C@@H](CC(=O)N2Cc3ccccc3C[C@H]2CO)O[C@H]1CCc1ccc(N(C=O)c2ccccc2)cc1. The van der Waals surface area contributed by atoms with Gasteiger partial charge < -0.3 is 19.5 Å². The molecule has 0 bridgehead atoms.